The average molecular weight is 317 g/mol. The summed E-state index contributed by atoms with van der Waals surface area (Å²) in [6.45, 7) is 0.675. The van der Waals surface area contributed by atoms with E-state index in [1.807, 2.05) is 22.8 Å². The van der Waals surface area contributed by atoms with Crippen molar-refractivity contribution in [2.24, 2.45) is 24.6 Å². The molecule has 6 nitrogen and oxygen atoms in total. The van der Waals surface area contributed by atoms with Crippen molar-refractivity contribution in [3.8, 4) is 5.75 Å². The molecule has 0 unspecified atom stereocenters. The average Bonchev–Trinajstić information content (AvgIpc) is 2.80. The molecule has 1 heterocycles. The molecule has 1 aromatic heterocycles. The van der Waals surface area contributed by atoms with E-state index in [0.29, 0.717) is 12.5 Å². The molecular formula is C17H23N3O3. The topological polar surface area (TPSA) is 79.2 Å². The number of methoxy groups -OCH3 is 1. The molecule has 6 heteroatoms. The quantitative estimate of drug-likeness (QED) is 0.931. The van der Waals surface area contributed by atoms with Gasteiger partial charge in [0.05, 0.1) is 18.1 Å². The predicted molar refractivity (Wildman–Crippen MR) is 88.4 cm³/mol. The number of nitrogens with two attached hydrogens (primary N) is 1. The first-order valence-corrected chi connectivity index (χ1v) is 8.04. The standard InChI is InChI=1S/C17H23N3O3/c1-19-14-8-7-13(23-2)9-15(14)20(17(19)22)10-11-3-5-12(6-4-11)16(18)21/h7-9,11-12H,3-6,10H2,1-2H3,(H2,18,21)/t11-,12-. The highest BCUT2D eigenvalue weighted by Gasteiger charge is 2.26. The molecule has 1 saturated carbocycles. The lowest BCUT2D eigenvalue weighted by molar-refractivity contribution is -0.123. The third kappa shape index (κ3) is 2.85. The zero-order valence-corrected chi connectivity index (χ0v) is 13.6. The number of amides is 1. The number of fused-ring (bicyclic) bond motifs is 1. The van der Waals surface area contributed by atoms with Crippen molar-refractivity contribution in [3.05, 3.63) is 28.7 Å². The fourth-order valence-electron chi connectivity index (χ4n) is 3.58. The molecule has 1 aromatic carbocycles. The zero-order chi connectivity index (χ0) is 16.6. The van der Waals surface area contributed by atoms with Gasteiger partial charge in [-0.3, -0.25) is 13.9 Å². The molecule has 0 bridgehead atoms. The van der Waals surface area contributed by atoms with E-state index in [-0.39, 0.29) is 17.5 Å². The second-order valence-corrected chi connectivity index (χ2v) is 6.43. The smallest absolute Gasteiger partial charge is 0.328 e. The van der Waals surface area contributed by atoms with Crippen LogP contribution in [0.4, 0.5) is 0 Å². The lowest BCUT2D eigenvalue weighted by atomic mass is 9.81. The van der Waals surface area contributed by atoms with Crippen LogP contribution in [0, 0.1) is 11.8 Å². The van der Waals surface area contributed by atoms with Crippen molar-refractivity contribution >= 4 is 16.9 Å². The van der Waals surface area contributed by atoms with E-state index in [4.69, 9.17) is 10.5 Å². The highest BCUT2D eigenvalue weighted by Crippen LogP contribution is 2.30. The molecular weight excluding hydrogens is 294 g/mol. The number of benzene rings is 1. The Morgan fingerprint density at radius 2 is 1.96 bits per heavy atom. The maximum absolute atomic E-state index is 12.5. The van der Waals surface area contributed by atoms with Crippen molar-refractivity contribution in [2.75, 3.05) is 7.11 Å². The molecule has 3 rings (SSSR count). The van der Waals surface area contributed by atoms with Crippen molar-refractivity contribution in [2.45, 2.75) is 32.2 Å². The molecule has 0 atom stereocenters. The predicted octanol–water partition coefficient (Wildman–Crippen LogP) is 1.64. The zero-order valence-electron chi connectivity index (χ0n) is 13.6. The molecule has 0 radical (unpaired) electrons. The number of hydrogen-bond donors (Lipinski definition) is 1. The molecule has 1 aliphatic carbocycles. The number of carbonyl (C=O) groups is 1. The minimum absolute atomic E-state index is 0.00409. The van der Waals surface area contributed by atoms with Gasteiger partial charge >= 0.3 is 5.69 Å². The van der Waals surface area contributed by atoms with Gasteiger partial charge < -0.3 is 10.5 Å². The summed E-state index contributed by atoms with van der Waals surface area (Å²) in [5, 5.41) is 0. The normalized spacial score (nSPS) is 21.5. The molecule has 0 saturated heterocycles. The van der Waals surface area contributed by atoms with Crippen LogP contribution in [0.5, 0.6) is 5.75 Å². The van der Waals surface area contributed by atoms with Crippen LogP contribution in [0.25, 0.3) is 11.0 Å². The largest absolute Gasteiger partial charge is 0.497 e. The molecule has 1 aliphatic rings. The lowest BCUT2D eigenvalue weighted by Gasteiger charge is -2.26. The van der Waals surface area contributed by atoms with Crippen LogP contribution < -0.4 is 16.2 Å². The Morgan fingerprint density at radius 1 is 1.26 bits per heavy atom. The van der Waals surface area contributed by atoms with Gasteiger partial charge in [0.1, 0.15) is 5.75 Å². The summed E-state index contributed by atoms with van der Waals surface area (Å²) in [6, 6.07) is 5.69. The van der Waals surface area contributed by atoms with Crippen LogP contribution in [0.1, 0.15) is 25.7 Å². The monoisotopic (exact) mass is 317 g/mol. The Labute approximate surface area is 134 Å². The first kappa shape index (κ1) is 15.6. The van der Waals surface area contributed by atoms with Gasteiger partial charge in [0.25, 0.3) is 0 Å². The number of ether oxygens (including phenoxy) is 1. The van der Waals surface area contributed by atoms with E-state index in [0.717, 1.165) is 42.5 Å². The van der Waals surface area contributed by atoms with E-state index < -0.39 is 0 Å². The first-order valence-electron chi connectivity index (χ1n) is 8.04. The summed E-state index contributed by atoms with van der Waals surface area (Å²) < 4.78 is 8.78. The van der Waals surface area contributed by atoms with Crippen LogP contribution in [-0.4, -0.2) is 22.2 Å². The number of primary amides is 1. The molecule has 1 fully saturated rings. The van der Waals surface area contributed by atoms with E-state index in [1.165, 1.54) is 0 Å². The van der Waals surface area contributed by atoms with Crippen molar-refractivity contribution in [3.63, 3.8) is 0 Å². The highest BCUT2D eigenvalue weighted by atomic mass is 16.5. The number of aryl methyl sites for hydroxylation is 1. The fourth-order valence-corrected chi connectivity index (χ4v) is 3.58. The van der Waals surface area contributed by atoms with Crippen molar-refractivity contribution in [1.82, 2.24) is 9.13 Å². The van der Waals surface area contributed by atoms with Crippen LogP contribution in [0.2, 0.25) is 0 Å². The van der Waals surface area contributed by atoms with Gasteiger partial charge in [0.2, 0.25) is 5.91 Å². The van der Waals surface area contributed by atoms with Crippen molar-refractivity contribution in [1.29, 1.82) is 0 Å². The van der Waals surface area contributed by atoms with Gasteiger partial charge in [-0.05, 0) is 43.7 Å². The Hall–Kier alpha value is -2.24. The van der Waals surface area contributed by atoms with Crippen LogP contribution >= 0.6 is 0 Å². The summed E-state index contributed by atoms with van der Waals surface area (Å²) in [7, 11) is 3.41. The maximum atomic E-state index is 12.5. The van der Waals surface area contributed by atoms with Crippen molar-refractivity contribution < 1.29 is 9.53 Å². The van der Waals surface area contributed by atoms with E-state index in [9.17, 15) is 9.59 Å². The second-order valence-electron chi connectivity index (χ2n) is 6.43. The number of imidazole rings is 1. The van der Waals surface area contributed by atoms with Gasteiger partial charge in [0, 0.05) is 25.6 Å². The fraction of sp³-hybridized carbons (Fsp3) is 0.529. The number of aromatic nitrogens is 2. The Balaban J connectivity index is 1.87. The third-order valence-corrected chi connectivity index (χ3v) is 5.04. The Kier molecular flexibility index (Phi) is 4.15. The molecule has 0 aliphatic heterocycles. The summed E-state index contributed by atoms with van der Waals surface area (Å²) in [5.74, 6) is 0.945. The maximum Gasteiger partial charge on any atom is 0.328 e. The number of nitrogens with zero attached hydrogens (tertiary/aromatic N) is 2. The lowest BCUT2D eigenvalue weighted by Crippen LogP contribution is -2.31. The first-order chi connectivity index (χ1) is 11.0. The molecule has 124 valence electrons. The second kappa shape index (κ2) is 6.10. The Bertz CT molecular complexity index is 782. The SMILES string of the molecule is COc1ccc2c(c1)n(C[C@H]1CC[C@H](C(N)=O)CC1)c(=O)n2C. The Morgan fingerprint density at radius 3 is 2.57 bits per heavy atom. The minimum atomic E-state index is -0.199. The van der Waals surface area contributed by atoms with Gasteiger partial charge in [0.15, 0.2) is 0 Å². The van der Waals surface area contributed by atoms with Gasteiger partial charge in [-0.2, -0.15) is 0 Å². The molecule has 2 N–H and O–H groups in total. The number of carbonyl (C=O) groups excluding carboxylic acids is 1. The van der Waals surface area contributed by atoms with Crippen LogP contribution in [0.3, 0.4) is 0 Å². The van der Waals surface area contributed by atoms with Gasteiger partial charge in [-0.15, -0.1) is 0 Å². The number of hydrogen-bond acceptors (Lipinski definition) is 3. The summed E-state index contributed by atoms with van der Waals surface area (Å²) in [4.78, 5) is 23.8. The molecule has 1 amide bonds. The van der Waals surface area contributed by atoms with E-state index in [1.54, 1.807) is 18.7 Å². The molecule has 0 spiro atoms. The summed E-state index contributed by atoms with van der Waals surface area (Å²) in [5.41, 5.74) is 7.18. The summed E-state index contributed by atoms with van der Waals surface area (Å²) in [6.07, 6.45) is 3.51. The van der Waals surface area contributed by atoms with E-state index >= 15 is 0 Å². The third-order valence-electron chi connectivity index (χ3n) is 5.04. The molecule has 2 aromatic rings. The number of rotatable bonds is 4. The van der Waals surface area contributed by atoms with Gasteiger partial charge in [-0.25, -0.2) is 4.79 Å². The highest BCUT2D eigenvalue weighted by molar-refractivity contribution is 5.78. The van der Waals surface area contributed by atoms with Crippen LogP contribution in [0.15, 0.2) is 23.0 Å². The van der Waals surface area contributed by atoms with Gasteiger partial charge in [-0.1, -0.05) is 0 Å². The summed E-state index contributed by atoms with van der Waals surface area (Å²) >= 11 is 0. The molecule has 23 heavy (non-hydrogen) atoms. The minimum Gasteiger partial charge on any atom is -0.497 e. The van der Waals surface area contributed by atoms with Crippen LogP contribution in [-0.2, 0) is 18.4 Å². The van der Waals surface area contributed by atoms with E-state index in [2.05, 4.69) is 0 Å².